The smallest absolute Gasteiger partial charge is 0.313 e. The number of hydrogen-bond acceptors (Lipinski definition) is 6. The van der Waals surface area contributed by atoms with E-state index in [1.807, 2.05) is 42.5 Å². The largest absolute Gasteiger partial charge is 0.460 e. The van der Waals surface area contributed by atoms with Crippen LogP contribution in [0, 0.1) is 0 Å². The molecule has 7 heteroatoms. The third kappa shape index (κ3) is 3.65. The predicted molar refractivity (Wildman–Crippen MR) is 112 cm³/mol. The topological polar surface area (TPSA) is 78.4 Å². The van der Waals surface area contributed by atoms with Gasteiger partial charge in [-0.15, -0.1) is 0 Å². The zero-order valence-electron chi connectivity index (χ0n) is 15.7. The summed E-state index contributed by atoms with van der Waals surface area (Å²) in [5.41, 5.74) is 1.50. The van der Waals surface area contributed by atoms with Crippen molar-refractivity contribution in [3.8, 4) is 11.4 Å². The molecule has 6 nitrogen and oxygen atoms in total. The molecule has 0 atom stereocenters. The van der Waals surface area contributed by atoms with Crippen molar-refractivity contribution in [3.63, 3.8) is 0 Å². The second-order valence-corrected chi connectivity index (χ2v) is 7.20. The number of esters is 1. The molecule has 5 aromatic rings. The standard InChI is InChI=1S/C23H15ClN2O4/c24-16-8-5-15(6-9-16)23-25-21(30-26-23)13-28-22(27)12-17-11-19-18-4-2-1-3-14(18)7-10-20(19)29-17/h1-11H,12-13H2. The van der Waals surface area contributed by atoms with Gasteiger partial charge in [-0.05, 0) is 47.2 Å². The third-order valence-corrected chi connectivity index (χ3v) is 4.97. The maximum atomic E-state index is 12.3. The number of nitrogens with zero attached hydrogens (tertiary/aromatic N) is 2. The van der Waals surface area contributed by atoms with E-state index in [-0.39, 0.29) is 18.9 Å². The van der Waals surface area contributed by atoms with Crippen LogP contribution < -0.4 is 0 Å². The van der Waals surface area contributed by atoms with Crippen LogP contribution in [0.4, 0.5) is 0 Å². The molecule has 0 aliphatic rings. The van der Waals surface area contributed by atoms with E-state index < -0.39 is 5.97 Å². The van der Waals surface area contributed by atoms with Crippen molar-refractivity contribution < 1.29 is 18.5 Å². The summed E-state index contributed by atoms with van der Waals surface area (Å²) >= 11 is 5.88. The lowest BCUT2D eigenvalue weighted by Crippen LogP contribution is -2.07. The van der Waals surface area contributed by atoms with Gasteiger partial charge in [0.15, 0.2) is 6.61 Å². The molecule has 0 amide bonds. The van der Waals surface area contributed by atoms with Gasteiger partial charge >= 0.3 is 5.97 Å². The van der Waals surface area contributed by atoms with Gasteiger partial charge in [0.2, 0.25) is 5.82 Å². The normalized spacial score (nSPS) is 11.2. The fraction of sp³-hybridized carbons (Fsp3) is 0.0870. The zero-order valence-corrected chi connectivity index (χ0v) is 16.4. The average Bonchev–Trinajstić information content (AvgIpc) is 3.39. The fourth-order valence-electron chi connectivity index (χ4n) is 3.30. The Morgan fingerprint density at radius 3 is 2.70 bits per heavy atom. The summed E-state index contributed by atoms with van der Waals surface area (Å²) in [5, 5.41) is 7.69. The van der Waals surface area contributed by atoms with Crippen LogP contribution in [0.25, 0.3) is 33.1 Å². The minimum atomic E-state index is -0.440. The molecular formula is C23H15ClN2O4. The molecule has 148 valence electrons. The van der Waals surface area contributed by atoms with E-state index in [4.69, 9.17) is 25.3 Å². The van der Waals surface area contributed by atoms with Crippen molar-refractivity contribution in [1.29, 1.82) is 0 Å². The Morgan fingerprint density at radius 1 is 1.00 bits per heavy atom. The fourth-order valence-corrected chi connectivity index (χ4v) is 3.42. The number of furan rings is 1. The van der Waals surface area contributed by atoms with E-state index >= 15 is 0 Å². The van der Waals surface area contributed by atoms with Crippen LogP contribution in [0.1, 0.15) is 11.7 Å². The van der Waals surface area contributed by atoms with Crippen LogP contribution in [0.2, 0.25) is 5.02 Å². The van der Waals surface area contributed by atoms with Gasteiger partial charge in [-0.2, -0.15) is 4.98 Å². The van der Waals surface area contributed by atoms with Crippen LogP contribution in [0.15, 0.2) is 75.7 Å². The summed E-state index contributed by atoms with van der Waals surface area (Å²) in [7, 11) is 0. The summed E-state index contributed by atoms with van der Waals surface area (Å²) in [6, 6.07) is 20.9. The molecule has 0 N–H and O–H groups in total. The molecule has 0 saturated carbocycles. The van der Waals surface area contributed by atoms with E-state index in [1.165, 1.54) is 0 Å². The SMILES string of the molecule is O=C(Cc1cc2c(ccc3ccccc32)o1)OCc1nc(-c2ccc(Cl)cc2)no1. The average molecular weight is 419 g/mol. The Bertz CT molecular complexity index is 1350. The zero-order chi connectivity index (χ0) is 20.5. The second-order valence-electron chi connectivity index (χ2n) is 6.77. The molecule has 0 spiro atoms. The van der Waals surface area contributed by atoms with E-state index in [2.05, 4.69) is 10.1 Å². The summed E-state index contributed by atoms with van der Waals surface area (Å²) in [4.78, 5) is 16.5. The first kappa shape index (κ1) is 18.4. The Balaban J connectivity index is 1.25. The van der Waals surface area contributed by atoms with E-state index in [0.29, 0.717) is 16.6 Å². The number of halogens is 1. The Hall–Kier alpha value is -3.64. The molecule has 0 fully saturated rings. The van der Waals surface area contributed by atoms with Gasteiger partial charge in [-0.3, -0.25) is 4.79 Å². The number of ether oxygens (including phenoxy) is 1. The van der Waals surface area contributed by atoms with Gasteiger partial charge in [-0.25, -0.2) is 0 Å². The molecule has 0 aliphatic heterocycles. The third-order valence-electron chi connectivity index (χ3n) is 4.72. The molecule has 2 heterocycles. The number of carbonyl (C=O) groups is 1. The highest BCUT2D eigenvalue weighted by atomic mass is 35.5. The summed E-state index contributed by atoms with van der Waals surface area (Å²) < 4.78 is 16.2. The van der Waals surface area contributed by atoms with Crippen molar-refractivity contribution in [2.24, 2.45) is 0 Å². The minimum Gasteiger partial charge on any atom is -0.460 e. The summed E-state index contributed by atoms with van der Waals surface area (Å²) in [6.45, 7) is -0.109. The van der Waals surface area contributed by atoms with Crippen molar-refractivity contribution >= 4 is 39.3 Å². The van der Waals surface area contributed by atoms with E-state index in [0.717, 1.165) is 27.3 Å². The molecule has 0 saturated heterocycles. The van der Waals surface area contributed by atoms with Gasteiger partial charge in [0, 0.05) is 16.0 Å². The molecule has 0 radical (unpaired) electrons. The monoisotopic (exact) mass is 418 g/mol. The van der Waals surface area contributed by atoms with Crippen LogP contribution in [-0.4, -0.2) is 16.1 Å². The van der Waals surface area contributed by atoms with Crippen molar-refractivity contribution in [3.05, 3.63) is 83.4 Å². The maximum Gasteiger partial charge on any atom is 0.313 e. The van der Waals surface area contributed by atoms with Gasteiger partial charge in [-0.1, -0.05) is 47.1 Å². The highest BCUT2D eigenvalue weighted by Gasteiger charge is 2.14. The quantitative estimate of drug-likeness (QED) is 0.347. The van der Waals surface area contributed by atoms with Crippen LogP contribution >= 0.6 is 11.6 Å². The molecule has 30 heavy (non-hydrogen) atoms. The minimum absolute atomic E-state index is 0.0151. The first-order valence-corrected chi connectivity index (χ1v) is 9.68. The molecular weight excluding hydrogens is 404 g/mol. The van der Waals surface area contributed by atoms with Crippen LogP contribution in [0.5, 0.6) is 0 Å². The van der Waals surface area contributed by atoms with Crippen LogP contribution in [0.3, 0.4) is 0 Å². The van der Waals surface area contributed by atoms with Crippen molar-refractivity contribution in [1.82, 2.24) is 10.1 Å². The van der Waals surface area contributed by atoms with Crippen LogP contribution in [-0.2, 0) is 22.6 Å². The first-order chi connectivity index (χ1) is 14.7. The second kappa shape index (κ2) is 7.65. The number of rotatable bonds is 5. The van der Waals surface area contributed by atoms with Crippen molar-refractivity contribution in [2.45, 2.75) is 13.0 Å². The summed E-state index contributed by atoms with van der Waals surface area (Å²) in [5.74, 6) is 0.717. The van der Waals surface area contributed by atoms with E-state index in [1.54, 1.807) is 24.3 Å². The summed E-state index contributed by atoms with van der Waals surface area (Å²) in [6.07, 6.45) is 0.0151. The number of aromatic nitrogens is 2. The van der Waals surface area contributed by atoms with Crippen molar-refractivity contribution in [2.75, 3.05) is 0 Å². The van der Waals surface area contributed by atoms with Gasteiger partial charge in [0.1, 0.15) is 17.8 Å². The van der Waals surface area contributed by atoms with Gasteiger partial charge in [0.25, 0.3) is 5.89 Å². The lowest BCUT2D eigenvalue weighted by molar-refractivity contribution is -0.145. The molecule has 0 bridgehead atoms. The highest BCUT2D eigenvalue weighted by Crippen LogP contribution is 2.28. The van der Waals surface area contributed by atoms with E-state index in [9.17, 15) is 4.79 Å². The highest BCUT2D eigenvalue weighted by molar-refractivity contribution is 6.30. The Labute approximate surface area is 176 Å². The lowest BCUT2D eigenvalue weighted by Gasteiger charge is -1.99. The molecule has 5 rings (SSSR count). The van der Waals surface area contributed by atoms with Gasteiger partial charge < -0.3 is 13.7 Å². The maximum absolute atomic E-state index is 12.3. The molecule has 0 aliphatic carbocycles. The Kier molecular flexibility index (Phi) is 4.69. The lowest BCUT2D eigenvalue weighted by atomic mass is 10.1. The number of carbonyl (C=O) groups excluding carboxylic acids is 1. The molecule has 3 aromatic carbocycles. The number of hydrogen-bond donors (Lipinski definition) is 0. The Morgan fingerprint density at radius 2 is 1.83 bits per heavy atom. The first-order valence-electron chi connectivity index (χ1n) is 9.30. The number of fused-ring (bicyclic) bond motifs is 3. The predicted octanol–water partition coefficient (Wildman–Crippen LogP) is 5.58. The number of benzene rings is 3. The molecule has 0 unspecified atom stereocenters. The molecule has 2 aromatic heterocycles. The van der Waals surface area contributed by atoms with Gasteiger partial charge in [0.05, 0.1) is 0 Å².